The van der Waals surface area contributed by atoms with Crippen LogP contribution in [0.5, 0.6) is 0 Å². The highest BCUT2D eigenvalue weighted by Gasteiger charge is 2.54. The Hall–Kier alpha value is -1.42. The molecule has 1 spiro atoms. The summed E-state index contributed by atoms with van der Waals surface area (Å²) in [7, 11) is 0. The summed E-state index contributed by atoms with van der Waals surface area (Å²) in [6.45, 7) is 2.17. The summed E-state index contributed by atoms with van der Waals surface area (Å²) in [6.07, 6.45) is 6.83. The van der Waals surface area contributed by atoms with E-state index in [0.717, 1.165) is 19.5 Å². The molecule has 2 fully saturated rings. The van der Waals surface area contributed by atoms with E-state index >= 15 is 0 Å². The Morgan fingerprint density at radius 2 is 2.06 bits per heavy atom. The summed E-state index contributed by atoms with van der Waals surface area (Å²) in [5.41, 5.74) is 1.10. The van der Waals surface area contributed by atoms with Crippen molar-refractivity contribution in [2.24, 2.45) is 5.41 Å². The fraction of sp³-hybridized carbons (Fsp3) is 0.538. The molecule has 1 saturated carbocycles. The number of nitrogens with one attached hydrogen (secondary N) is 2. The van der Waals surface area contributed by atoms with Crippen molar-refractivity contribution in [1.29, 1.82) is 0 Å². The topological polar surface area (TPSA) is 54.0 Å². The van der Waals surface area contributed by atoms with Crippen LogP contribution in [0, 0.1) is 5.41 Å². The molecule has 1 aromatic heterocycles. The molecule has 2 aliphatic rings. The van der Waals surface area contributed by atoms with Crippen molar-refractivity contribution in [1.82, 2.24) is 15.6 Å². The number of amides is 1. The van der Waals surface area contributed by atoms with Gasteiger partial charge in [-0.15, -0.1) is 0 Å². The smallest absolute Gasteiger partial charge is 0.251 e. The SMILES string of the molecule is O=C(NC1CC12CCNCC2)c1ccncc1. The van der Waals surface area contributed by atoms with Crippen molar-refractivity contribution in [3.63, 3.8) is 0 Å². The number of pyridine rings is 1. The molecule has 1 aromatic rings. The predicted octanol–water partition coefficient (Wildman–Crippen LogP) is 0.953. The zero-order valence-electron chi connectivity index (χ0n) is 9.78. The van der Waals surface area contributed by atoms with E-state index in [9.17, 15) is 4.79 Å². The summed E-state index contributed by atoms with van der Waals surface area (Å²) in [4.78, 5) is 15.9. The summed E-state index contributed by atoms with van der Waals surface area (Å²) < 4.78 is 0. The van der Waals surface area contributed by atoms with Gasteiger partial charge in [-0.1, -0.05) is 0 Å². The minimum Gasteiger partial charge on any atom is -0.349 e. The molecule has 1 aliphatic carbocycles. The normalized spacial score (nSPS) is 25.5. The van der Waals surface area contributed by atoms with Gasteiger partial charge in [-0.2, -0.15) is 0 Å². The summed E-state index contributed by atoms with van der Waals surface area (Å²) >= 11 is 0. The van der Waals surface area contributed by atoms with Crippen LogP contribution >= 0.6 is 0 Å². The van der Waals surface area contributed by atoms with Gasteiger partial charge in [0.1, 0.15) is 0 Å². The minimum atomic E-state index is 0.0350. The van der Waals surface area contributed by atoms with Crippen molar-refractivity contribution < 1.29 is 4.79 Å². The van der Waals surface area contributed by atoms with Crippen molar-refractivity contribution in [3.8, 4) is 0 Å². The van der Waals surface area contributed by atoms with Crippen molar-refractivity contribution >= 4 is 5.91 Å². The van der Waals surface area contributed by atoms with Crippen LogP contribution in [-0.4, -0.2) is 30.0 Å². The molecular formula is C13H17N3O. The second-order valence-electron chi connectivity index (χ2n) is 5.08. The van der Waals surface area contributed by atoms with Crippen molar-refractivity contribution in [3.05, 3.63) is 30.1 Å². The fourth-order valence-electron chi connectivity index (χ4n) is 2.77. The number of nitrogens with zero attached hydrogens (tertiary/aromatic N) is 1. The molecule has 3 rings (SSSR count). The fourth-order valence-corrected chi connectivity index (χ4v) is 2.77. The van der Waals surface area contributed by atoms with Crippen LogP contribution in [-0.2, 0) is 0 Å². The van der Waals surface area contributed by atoms with Crippen molar-refractivity contribution in [2.75, 3.05) is 13.1 Å². The van der Waals surface area contributed by atoms with Crippen LogP contribution in [0.2, 0.25) is 0 Å². The lowest BCUT2D eigenvalue weighted by molar-refractivity contribution is 0.0942. The average molecular weight is 231 g/mol. The molecule has 2 heterocycles. The highest BCUT2D eigenvalue weighted by atomic mass is 16.1. The van der Waals surface area contributed by atoms with Gasteiger partial charge in [0, 0.05) is 24.0 Å². The molecule has 4 nitrogen and oxygen atoms in total. The van der Waals surface area contributed by atoms with E-state index in [-0.39, 0.29) is 5.91 Å². The van der Waals surface area contributed by atoms with Gasteiger partial charge in [-0.25, -0.2) is 0 Å². The Morgan fingerprint density at radius 3 is 2.76 bits per heavy atom. The van der Waals surface area contributed by atoms with Crippen LogP contribution in [0.3, 0.4) is 0 Å². The number of carbonyl (C=O) groups is 1. The van der Waals surface area contributed by atoms with Gasteiger partial charge in [0.15, 0.2) is 0 Å². The lowest BCUT2D eigenvalue weighted by Gasteiger charge is -2.23. The predicted molar refractivity (Wildman–Crippen MR) is 64.6 cm³/mol. The van der Waals surface area contributed by atoms with Gasteiger partial charge < -0.3 is 10.6 Å². The third-order valence-corrected chi connectivity index (χ3v) is 4.04. The summed E-state index contributed by atoms with van der Waals surface area (Å²) in [6, 6.07) is 3.89. The van der Waals surface area contributed by atoms with E-state index in [4.69, 9.17) is 0 Å². The first-order valence-electron chi connectivity index (χ1n) is 6.22. The largest absolute Gasteiger partial charge is 0.349 e. The quantitative estimate of drug-likeness (QED) is 0.797. The molecule has 0 aromatic carbocycles. The Labute approximate surface area is 101 Å². The first kappa shape index (κ1) is 10.7. The van der Waals surface area contributed by atoms with Crippen LogP contribution in [0.4, 0.5) is 0 Å². The number of rotatable bonds is 2. The second-order valence-corrected chi connectivity index (χ2v) is 5.08. The zero-order valence-corrected chi connectivity index (χ0v) is 9.78. The molecule has 0 radical (unpaired) electrons. The summed E-state index contributed by atoms with van der Waals surface area (Å²) in [5.74, 6) is 0.0350. The van der Waals surface area contributed by atoms with Gasteiger partial charge in [0.05, 0.1) is 0 Å². The Morgan fingerprint density at radius 1 is 1.35 bits per heavy atom. The number of piperidine rings is 1. The van der Waals surface area contributed by atoms with E-state index < -0.39 is 0 Å². The van der Waals surface area contributed by atoms with E-state index in [2.05, 4.69) is 15.6 Å². The summed E-state index contributed by atoms with van der Waals surface area (Å²) in [5, 5.41) is 6.50. The van der Waals surface area contributed by atoms with Gasteiger partial charge in [-0.05, 0) is 49.9 Å². The van der Waals surface area contributed by atoms with Gasteiger partial charge in [0.25, 0.3) is 5.91 Å². The Kier molecular flexibility index (Phi) is 2.59. The van der Waals surface area contributed by atoms with Crippen LogP contribution in [0.15, 0.2) is 24.5 Å². The Balaban J connectivity index is 1.60. The van der Waals surface area contributed by atoms with E-state index in [1.807, 2.05) is 0 Å². The minimum absolute atomic E-state index is 0.0350. The molecule has 2 N–H and O–H groups in total. The lowest BCUT2D eigenvalue weighted by atomic mass is 9.94. The monoisotopic (exact) mass is 231 g/mol. The molecule has 90 valence electrons. The van der Waals surface area contributed by atoms with Gasteiger partial charge >= 0.3 is 0 Å². The molecular weight excluding hydrogens is 214 g/mol. The maximum atomic E-state index is 12.0. The number of hydrogen-bond donors (Lipinski definition) is 2. The molecule has 4 heteroatoms. The number of carbonyl (C=O) groups excluding carboxylic acids is 1. The molecule has 17 heavy (non-hydrogen) atoms. The third kappa shape index (κ3) is 2.05. The molecule has 1 unspecified atom stereocenters. The Bertz CT molecular complexity index is 412. The highest BCUT2D eigenvalue weighted by molar-refractivity contribution is 5.94. The third-order valence-electron chi connectivity index (χ3n) is 4.04. The second kappa shape index (κ2) is 4.11. The van der Waals surface area contributed by atoms with Gasteiger partial charge in [0.2, 0.25) is 0 Å². The maximum Gasteiger partial charge on any atom is 0.251 e. The van der Waals surface area contributed by atoms with Crippen LogP contribution < -0.4 is 10.6 Å². The highest BCUT2D eigenvalue weighted by Crippen LogP contribution is 2.52. The number of hydrogen-bond acceptors (Lipinski definition) is 3. The van der Waals surface area contributed by atoms with Crippen LogP contribution in [0.25, 0.3) is 0 Å². The first-order valence-corrected chi connectivity index (χ1v) is 6.22. The molecule has 1 atom stereocenters. The van der Waals surface area contributed by atoms with Crippen LogP contribution in [0.1, 0.15) is 29.6 Å². The van der Waals surface area contributed by atoms with E-state index in [1.54, 1.807) is 24.5 Å². The molecule has 1 amide bonds. The molecule has 1 saturated heterocycles. The average Bonchev–Trinajstić information content (AvgIpc) is 3.03. The standard InChI is InChI=1S/C13H17N3O/c17-12(10-1-5-14-6-2-10)16-11-9-13(11)3-7-15-8-4-13/h1-2,5-6,11,15H,3-4,7-9H2,(H,16,17). The lowest BCUT2D eigenvalue weighted by Crippen LogP contribution is -2.35. The molecule has 0 bridgehead atoms. The molecule has 1 aliphatic heterocycles. The van der Waals surface area contributed by atoms with E-state index in [0.29, 0.717) is 17.0 Å². The zero-order chi connectivity index (χ0) is 11.7. The maximum absolute atomic E-state index is 12.0. The first-order chi connectivity index (χ1) is 8.30. The van der Waals surface area contributed by atoms with E-state index in [1.165, 1.54) is 12.8 Å². The van der Waals surface area contributed by atoms with Gasteiger partial charge in [-0.3, -0.25) is 9.78 Å². The van der Waals surface area contributed by atoms with Crippen molar-refractivity contribution in [2.45, 2.75) is 25.3 Å². The number of aromatic nitrogens is 1.